The topological polar surface area (TPSA) is 49.3 Å². The molecule has 1 saturated carbocycles. The van der Waals surface area contributed by atoms with Gasteiger partial charge in [-0.25, -0.2) is 0 Å². The third kappa shape index (κ3) is 2.44. The third-order valence-corrected chi connectivity index (χ3v) is 3.30. The second-order valence-electron chi connectivity index (χ2n) is 4.25. The predicted octanol–water partition coefficient (Wildman–Crippen LogP) is 1.48. The molecule has 0 saturated heterocycles. The number of rotatable bonds is 3. The number of nitrogens with one attached hydrogen (secondary N) is 1. The van der Waals surface area contributed by atoms with Crippen molar-refractivity contribution in [3.63, 3.8) is 0 Å². The minimum absolute atomic E-state index is 0.390. The van der Waals surface area contributed by atoms with Crippen molar-refractivity contribution in [2.75, 3.05) is 0 Å². The highest BCUT2D eigenvalue weighted by molar-refractivity contribution is 5.72. The van der Waals surface area contributed by atoms with E-state index >= 15 is 0 Å². The molecule has 0 radical (unpaired) electrons. The molecule has 4 atom stereocenters. The van der Waals surface area contributed by atoms with Crippen LogP contribution in [0.2, 0.25) is 0 Å². The molecule has 1 rings (SSSR count). The fourth-order valence-corrected chi connectivity index (χ4v) is 1.99. The van der Waals surface area contributed by atoms with Gasteiger partial charge in [-0.15, -0.1) is 0 Å². The molecule has 76 valence electrons. The standard InChI is InChI=1S/C10H19NO2/c1-6-4-5-9(7(6)2)11-8(3)10(12)13/h6-9,11H,4-5H2,1-3H3,(H,12,13). The monoisotopic (exact) mass is 185 g/mol. The van der Waals surface area contributed by atoms with Crippen LogP contribution in [-0.2, 0) is 4.79 Å². The molecule has 0 heterocycles. The summed E-state index contributed by atoms with van der Waals surface area (Å²) >= 11 is 0. The lowest BCUT2D eigenvalue weighted by Gasteiger charge is -2.21. The summed E-state index contributed by atoms with van der Waals surface area (Å²) < 4.78 is 0. The van der Waals surface area contributed by atoms with Gasteiger partial charge in [-0.1, -0.05) is 13.8 Å². The molecular weight excluding hydrogens is 166 g/mol. The summed E-state index contributed by atoms with van der Waals surface area (Å²) in [4.78, 5) is 10.6. The van der Waals surface area contributed by atoms with Gasteiger partial charge in [-0.2, -0.15) is 0 Å². The summed E-state index contributed by atoms with van der Waals surface area (Å²) in [7, 11) is 0. The van der Waals surface area contributed by atoms with Crippen molar-refractivity contribution in [3.8, 4) is 0 Å². The molecule has 3 heteroatoms. The summed E-state index contributed by atoms with van der Waals surface area (Å²) in [6.07, 6.45) is 2.32. The average molecular weight is 185 g/mol. The molecule has 0 spiro atoms. The number of carboxylic acid groups (broad SMARTS) is 1. The first-order valence-corrected chi connectivity index (χ1v) is 5.01. The van der Waals surface area contributed by atoms with Gasteiger partial charge < -0.3 is 10.4 Å². The van der Waals surface area contributed by atoms with Gasteiger partial charge in [0.1, 0.15) is 6.04 Å². The zero-order valence-electron chi connectivity index (χ0n) is 8.58. The molecule has 2 N–H and O–H groups in total. The Hall–Kier alpha value is -0.570. The van der Waals surface area contributed by atoms with E-state index in [1.165, 1.54) is 6.42 Å². The van der Waals surface area contributed by atoms with Crippen LogP contribution >= 0.6 is 0 Å². The van der Waals surface area contributed by atoms with Gasteiger partial charge in [0, 0.05) is 6.04 Å². The lowest BCUT2D eigenvalue weighted by Crippen LogP contribution is -2.43. The summed E-state index contributed by atoms with van der Waals surface area (Å²) in [5, 5.41) is 11.9. The van der Waals surface area contributed by atoms with Gasteiger partial charge in [-0.3, -0.25) is 4.79 Å². The predicted molar refractivity (Wildman–Crippen MR) is 51.6 cm³/mol. The molecule has 0 aliphatic heterocycles. The molecule has 1 fully saturated rings. The highest BCUT2D eigenvalue weighted by atomic mass is 16.4. The van der Waals surface area contributed by atoms with E-state index in [1.807, 2.05) is 0 Å². The zero-order valence-corrected chi connectivity index (χ0v) is 8.58. The number of carbonyl (C=O) groups is 1. The smallest absolute Gasteiger partial charge is 0.320 e. The molecule has 0 aromatic rings. The fourth-order valence-electron chi connectivity index (χ4n) is 1.99. The second kappa shape index (κ2) is 4.09. The maximum atomic E-state index is 10.6. The van der Waals surface area contributed by atoms with E-state index in [4.69, 9.17) is 5.11 Å². The normalized spacial score (nSPS) is 36.1. The van der Waals surface area contributed by atoms with Gasteiger partial charge in [0.25, 0.3) is 0 Å². The fraction of sp³-hybridized carbons (Fsp3) is 0.900. The molecule has 3 nitrogen and oxygen atoms in total. The highest BCUT2D eigenvalue weighted by Gasteiger charge is 2.31. The van der Waals surface area contributed by atoms with Gasteiger partial charge in [0.05, 0.1) is 0 Å². The third-order valence-electron chi connectivity index (χ3n) is 3.30. The molecule has 0 amide bonds. The molecule has 0 aromatic carbocycles. The first-order valence-electron chi connectivity index (χ1n) is 5.01. The number of aliphatic carboxylic acids is 1. The molecule has 0 bridgehead atoms. The van der Waals surface area contributed by atoms with Crippen LogP contribution in [-0.4, -0.2) is 23.2 Å². The SMILES string of the molecule is CC(NC1CCC(C)C1C)C(=O)O. The maximum Gasteiger partial charge on any atom is 0.320 e. The largest absolute Gasteiger partial charge is 0.480 e. The van der Waals surface area contributed by atoms with Crippen molar-refractivity contribution >= 4 is 5.97 Å². The van der Waals surface area contributed by atoms with Crippen molar-refractivity contribution in [2.45, 2.75) is 45.7 Å². The van der Waals surface area contributed by atoms with Crippen LogP contribution in [0.3, 0.4) is 0 Å². The van der Waals surface area contributed by atoms with Crippen molar-refractivity contribution in [2.24, 2.45) is 11.8 Å². The summed E-state index contributed by atoms with van der Waals surface area (Å²) in [5.74, 6) is 0.562. The Bertz CT molecular complexity index is 193. The quantitative estimate of drug-likeness (QED) is 0.700. The van der Waals surface area contributed by atoms with E-state index in [0.717, 1.165) is 12.3 Å². The lowest BCUT2D eigenvalue weighted by atomic mass is 9.97. The number of hydrogen-bond acceptors (Lipinski definition) is 2. The van der Waals surface area contributed by atoms with E-state index in [9.17, 15) is 4.79 Å². The average Bonchev–Trinajstić information content (AvgIpc) is 2.36. The Morgan fingerprint density at radius 2 is 2.08 bits per heavy atom. The second-order valence-corrected chi connectivity index (χ2v) is 4.25. The molecule has 0 aromatic heterocycles. The van der Waals surface area contributed by atoms with Crippen molar-refractivity contribution in [3.05, 3.63) is 0 Å². The summed E-state index contributed by atoms with van der Waals surface area (Å²) in [6.45, 7) is 6.14. The van der Waals surface area contributed by atoms with E-state index < -0.39 is 12.0 Å². The van der Waals surface area contributed by atoms with Crippen LogP contribution < -0.4 is 5.32 Å². The molecule has 13 heavy (non-hydrogen) atoms. The lowest BCUT2D eigenvalue weighted by molar-refractivity contribution is -0.139. The van der Waals surface area contributed by atoms with Gasteiger partial charge in [0.2, 0.25) is 0 Å². The molecule has 4 unspecified atom stereocenters. The van der Waals surface area contributed by atoms with Gasteiger partial charge >= 0.3 is 5.97 Å². The Labute approximate surface area is 79.5 Å². The highest BCUT2D eigenvalue weighted by Crippen LogP contribution is 2.31. The van der Waals surface area contributed by atoms with E-state index in [2.05, 4.69) is 19.2 Å². The Morgan fingerprint density at radius 1 is 1.46 bits per heavy atom. The van der Waals surface area contributed by atoms with E-state index in [-0.39, 0.29) is 0 Å². The van der Waals surface area contributed by atoms with Crippen LogP contribution in [0.5, 0.6) is 0 Å². The molecule has 1 aliphatic rings. The Balaban J connectivity index is 2.42. The van der Waals surface area contributed by atoms with E-state index in [1.54, 1.807) is 6.92 Å². The van der Waals surface area contributed by atoms with Crippen molar-refractivity contribution < 1.29 is 9.90 Å². The molecular formula is C10H19NO2. The van der Waals surface area contributed by atoms with Crippen molar-refractivity contribution in [1.82, 2.24) is 5.32 Å². The first-order chi connectivity index (χ1) is 6.02. The van der Waals surface area contributed by atoms with Crippen molar-refractivity contribution in [1.29, 1.82) is 0 Å². The van der Waals surface area contributed by atoms with Crippen LogP contribution in [0.15, 0.2) is 0 Å². The molecule has 1 aliphatic carbocycles. The van der Waals surface area contributed by atoms with Gasteiger partial charge in [0.15, 0.2) is 0 Å². The van der Waals surface area contributed by atoms with E-state index in [0.29, 0.717) is 12.0 Å². The van der Waals surface area contributed by atoms with Gasteiger partial charge in [-0.05, 0) is 31.6 Å². The maximum absolute atomic E-state index is 10.6. The number of carboxylic acids is 1. The van der Waals surface area contributed by atoms with Crippen LogP contribution in [0.4, 0.5) is 0 Å². The van der Waals surface area contributed by atoms with Crippen LogP contribution in [0.25, 0.3) is 0 Å². The Kier molecular flexibility index (Phi) is 3.31. The summed E-state index contributed by atoms with van der Waals surface area (Å²) in [5.41, 5.74) is 0. The van der Waals surface area contributed by atoms with Crippen LogP contribution in [0.1, 0.15) is 33.6 Å². The zero-order chi connectivity index (χ0) is 10.0. The van der Waals surface area contributed by atoms with Crippen LogP contribution in [0, 0.1) is 11.8 Å². The minimum Gasteiger partial charge on any atom is -0.480 e. The number of hydrogen-bond donors (Lipinski definition) is 2. The summed E-state index contributed by atoms with van der Waals surface area (Å²) in [6, 6.07) is -0.0288. The Morgan fingerprint density at radius 3 is 2.46 bits per heavy atom. The minimum atomic E-state index is -0.758. The first kappa shape index (κ1) is 10.5.